The highest BCUT2D eigenvalue weighted by Crippen LogP contribution is 2.29. The van der Waals surface area contributed by atoms with E-state index in [4.69, 9.17) is 4.74 Å². The molecule has 0 spiro atoms. The number of likely N-dealkylation sites (tertiary alicyclic amines) is 1. The van der Waals surface area contributed by atoms with Gasteiger partial charge in [0.25, 0.3) is 0 Å². The Morgan fingerprint density at radius 3 is 2.65 bits per heavy atom. The Labute approximate surface area is 197 Å². The zero-order valence-corrected chi connectivity index (χ0v) is 18.8. The summed E-state index contributed by atoms with van der Waals surface area (Å²) in [7, 11) is 2.01. The van der Waals surface area contributed by atoms with Crippen molar-refractivity contribution in [2.24, 2.45) is 0 Å². The number of benzene rings is 2. The maximum Gasteiger partial charge on any atom is 0.325 e. The molecule has 172 valence electrons. The zero-order chi connectivity index (χ0) is 23.5. The third-order valence-electron chi connectivity index (χ3n) is 6.17. The van der Waals surface area contributed by atoms with Gasteiger partial charge in [-0.15, -0.1) is 0 Å². The number of fused-ring (bicyclic) bond motifs is 1. The molecule has 2 aromatic carbocycles. The van der Waals surface area contributed by atoms with Gasteiger partial charge in [0.05, 0.1) is 17.1 Å². The van der Waals surface area contributed by atoms with Gasteiger partial charge >= 0.3 is 6.01 Å². The first-order chi connectivity index (χ1) is 16.6. The molecule has 34 heavy (non-hydrogen) atoms. The summed E-state index contributed by atoms with van der Waals surface area (Å²) in [5.74, 6) is 0.574. The Kier molecular flexibility index (Phi) is 5.95. The summed E-state index contributed by atoms with van der Waals surface area (Å²) in [4.78, 5) is 29.2. The second kappa shape index (κ2) is 9.35. The van der Waals surface area contributed by atoms with E-state index in [1.807, 2.05) is 54.4 Å². The van der Waals surface area contributed by atoms with Crippen LogP contribution in [-0.2, 0) is 11.3 Å². The van der Waals surface area contributed by atoms with Crippen LogP contribution in [0.5, 0.6) is 17.6 Å². The molecule has 0 radical (unpaired) electrons. The number of aromatic hydroxyl groups is 1. The molecule has 0 bridgehead atoms. The smallest absolute Gasteiger partial charge is 0.325 e. The largest absolute Gasteiger partial charge is 0.493 e. The minimum absolute atomic E-state index is 0.0514. The van der Waals surface area contributed by atoms with Crippen LogP contribution in [0.2, 0.25) is 0 Å². The van der Waals surface area contributed by atoms with Crippen LogP contribution < -0.4 is 9.64 Å². The summed E-state index contributed by atoms with van der Waals surface area (Å²) >= 11 is 0. The summed E-state index contributed by atoms with van der Waals surface area (Å²) in [6, 6.07) is 19.5. The van der Waals surface area contributed by atoms with Gasteiger partial charge < -0.3 is 19.6 Å². The number of pyridine rings is 1. The van der Waals surface area contributed by atoms with Crippen molar-refractivity contribution in [3.63, 3.8) is 0 Å². The van der Waals surface area contributed by atoms with Gasteiger partial charge in [0.15, 0.2) is 0 Å². The van der Waals surface area contributed by atoms with Crippen molar-refractivity contribution < 1.29 is 14.6 Å². The summed E-state index contributed by atoms with van der Waals surface area (Å²) in [5.41, 5.74) is 2.65. The van der Waals surface area contributed by atoms with Crippen molar-refractivity contribution in [2.75, 3.05) is 18.5 Å². The van der Waals surface area contributed by atoms with Gasteiger partial charge in [0.2, 0.25) is 11.8 Å². The number of carbonyl (C=O) groups is 1. The van der Waals surface area contributed by atoms with E-state index < -0.39 is 0 Å². The highest BCUT2D eigenvalue weighted by atomic mass is 16.5. The number of ether oxygens (including phenoxy) is 1. The predicted octanol–water partition coefficient (Wildman–Crippen LogP) is 4.15. The summed E-state index contributed by atoms with van der Waals surface area (Å²) < 4.78 is 5.75. The first-order valence-electron chi connectivity index (χ1n) is 11.2. The summed E-state index contributed by atoms with van der Waals surface area (Å²) in [6.07, 6.45) is 4.52. The number of carbonyl (C=O) groups excluding carboxylic acids is 1. The molecule has 1 fully saturated rings. The van der Waals surface area contributed by atoms with E-state index in [-0.39, 0.29) is 23.8 Å². The minimum Gasteiger partial charge on any atom is -0.493 e. The number of rotatable bonds is 6. The van der Waals surface area contributed by atoms with Crippen LogP contribution in [0.25, 0.3) is 10.9 Å². The van der Waals surface area contributed by atoms with Gasteiger partial charge in [-0.3, -0.25) is 9.78 Å². The zero-order valence-electron chi connectivity index (χ0n) is 18.8. The molecule has 1 saturated heterocycles. The van der Waals surface area contributed by atoms with Crippen LogP contribution in [0.15, 0.2) is 73.1 Å². The van der Waals surface area contributed by atoms with E-state index >= 15 is 0 Å². The maximum absolute atomic E-state index is 12.8. The highest BCUT2D eigenvalue weighted by molar-refractivity contribution is 5.82. The molecular formula is C26H25N5O3. The van der Waals surface area contributed by atoms with Gasteiger partial charge in [0.1, 0.15) is 5.75 Å². The minimum atomic E-state index is -0.151. The Balaban J connectivity index is 1.22. The lowest BCUT2D eigenvalue weighted by Crippen LogP contribution is -2.46. The lowest BCUT2D eigenvalue weighted by molar-refractivity contribution is -0.134. The Hall–Kier alpha value is -4.20. The standard InChI is InChI=1S/C26H25N5O3/c1-30(20-12-14-31(24(32)15-20)17-18-5-3-2-4-6-18)19-7-9-21(10-8-19)34-26-28-23-16-27-13-11-22(23)25(33)29-26/h2-11,13,16,20H,12,14-15,17H2,1H3,(H,28,29,33). The van der Waals surface area contributed by atoms with Gasteiger partial charge in [-0.1, -0.05) is 30.3 Å². The highest BCUT2D eigenvalue weighted by Gasteiger charge is 2.28. The van der Waals surface area contributed by atoms with Crippen molar-refractivity contribution >= 4 is 22.5 Å². The number of amides is 1. The van der Waals surface area contributed by atoms with E-state index in [1.165, 1.54) is 0 Å². The van der Waals surface area contributed by atoms with E-state index in [1.54, 1.807) is 18.5 Å². The van der Waals surface area contributed by atoms with Gasteiger partial charge in [-0.05, 0) is 42.3 Å². The average molecular weight is 456 g/mol. The fourth-order valence-electron chi connectivity index (χ4n) is 4.22. The third kappa shape index (κ3) is 4.61. The van der Waals surface area contributed by atoms with E-state index in [0.717, 1.165) is 24.2 Å². The third-order valence-corrected chi connectivity index (χ3v) is 6.17. The molecular weight excluding hydrogens is 430 g/mol. The van der Waals surface area contributed by atoms with Crippen molar-refractivity contribution in [2.45, 2.75) is 25.4 Å². The molecule has 8 heteroatoms. The van der Waals surface area contributed by atoms with E-state index in [9.17, 15) is 9.90 Å². The van der Waals surface area contributed by atoms with Crippen LogP contribution in [-0.4, -0.2) is 50.5 Å². The first kappa shape index (κ1) is 21.6. The van der Waals surface area contributed by atoms with Crippen LogP contribution >= 0.6 is 0 Å². The topological polar surface area (TPSA) is 91.7 Å². The number of piperidine rings is 1. The second-order valence-electron chi connectivity index (χ2n) is 8.38. The maximum atomic E-state index is 12.8. The van der Waals surface area contributed by atoms with Crippen molar-refractivity contribution in [3.05, 3.63) is 78.6 Å². The van der Waals surface area contributed by atoms with Crippen molar-refractivity contribution in [1.82, 2.24) is 19.9 Å². The Morgan fingerprint density at radius 2 is 1.88 bits per heavy atom. The molecule has 4 aromatic rings. The second-order valence-corrected chi connectivity index (χ2v) is 8.38. The van der Waals surface area contributed by atoms with Gasteiger partial charge in [-0.2, -0.15) is 9.97 Å². The molecule has 8 nitrogen and oxygen atoms in total. The molecule has 5 rings (SSSR count). The van der Waals surface area contributed by atoms with Gasteiger partial charge in [-0.25, -0.2) is 0 Å². The van der Waals surface area contributed by atoms with Crippen LogP contribution in [0.1, 0.15) is 18.4 Å². The first-order valence-corrected chi connectivity index (χ1v) is 11.2. The molecule has 1 atom stereocenters. The number of hydrogen-bond donors (Lipinski definition) is 1. The number of hydrogen-bond acceptors (Lipinski definition) is 7. The van der Waals surface area contributed by atoms with E-state index in [2.05, 4.69) is 32.0 Å². The average Bonchev–Trinajstić information content (AvgIpc) is 2.86. The van der Waals surface area contributed by atoms with Gasteiger partial charge in [0, 0.05) is 44.5 Å². The lowest BCUT2D eigenvalue weighted by atomic mass is 10.0. The molecule has 3 heterocycles. The summed E-state index contributed by atoms with van der Waals surface area (Å²) in [6.45, 7) is 1.40. The van der Waals surface area contributed by atoms with Crippen molar-refractivity contribution in [3.8, 4) is 17.6 Å². The number of anilines is 1. The quantitative estimate of drug-likeness (QED) is 0.467. The normalized spacial score (nSPS) is 16.0. The summed E-state index contributed by atoms with van der Waals surface area (Å²) in [5, 5.41) is 10.6. The molecule has 1 N–H and O–H groups in total. The molecule has 0 aliphatic carbocycles. The van der Waals surface area contributed by atoms with Crippen LogP contribution in [0, 0.1) is 0 Å². The SMILES string of the molecule is CN(c1ccc(Oc2nc(O)c3ccncc3n2)cc1)C1CCN(Cc2ccccc2)C(=O)C1. The molecule has 1 aliphatic heterocycles. The van der Waals surface area contributed by atoms with Crippen LogP contribution in [0.4, 0.5) is 5.69 Å². The fourth-order valence-corrected chi connectivity index (χ4v) is 4.22. The van der Waals surface area contributed by atoms with Crippen LogP contribution in [0.3, 0.4) is 0 Å². The molecule has 1 unspecified atom stereocenters. The molecule has 0 saturated carbocycles. The Bertz CT molecular complexity index is 1300. The monoisotopic (exact) mass is 455 g/mol. The fraction of sp³-hybridized carbons (Fsp3) is 0.231. The molecule has 1 amide bonds. The van der Waals surface area contributed by atoms with E-state index in [0.29, 0.717) is 29.6 Å². The molecule has 1 aliphatic rings. The Morgan fingerprint density at radius 1 is 1.09 bits per heavy atom. The van der Waals surface area contributed by atoms with Crippen molar-refractivity contribution in [1.29, 1.82) is 0 Å². The number of nitrogens with zero attached hydrogens (tertiary/aromatic N) is 5. The number of aromatic nitrogens is 3. The molecule has 2 aromatic heterocycles. The lowest BCUT2D eigenvalue weighted by Gasteiger charge is -2.37. The predicted molar refractivity (Wildman–Crippen MR) is 129 cm³/mol.